The number of phosphoric ester groups is 2. The van der Waals surface area contributed by atoms with E-state index >= 15 is 0 Å². The third-order valence-electron chi connectivity index (χ3n) is 19.9. The number of aliphatic hydroxyl groups excluding tert-OH is 1. The molecule has 0 fully saturated rings. The highest BCUT2D eigenvalue weighted by atomic mass is 31.2. The Labute approximate surface area is 643 Å². The summed E-state index contributed by atoms with van der Waals surface area (Å²) in [5.41, 5.74) is 0. The van der Waals surface area contributed by atoms with E-state index in [1.807, 2.05) is 0 Å². The van der Waals surface area contributed by atoms with Crippen molar-refractivity contribution < 1.29 is 80.2 Å². The summed E-state index contributed by atoms with van der Waals surface area (Å²) in [6.07, 6.45) is 69.0. The number of carbonyl (C=O) groups excluding carboxylic acids is 4. The van der Waals surface area contributed by atoms with Crippen LogP contribution in [-0.4, -0.2) is 96.7 Å². The zero-order chi connectivity index (χ0) is 77.2. The normalized spacial score (nSPS) is 14.3. The molecule has 0 spiro atoms. The summed E-state index contributed by atoms with van der Waals surface area (Å²) in [4.78, 5) is 73.1. The molecule has 17 nitrogen and oxygen atoms in total. The Morgan fingerprint density at radius 2 is 0.562 bits per heavy atom. The van der Waals surface area contributed by atoms with Gasteiger partial charge in [-0.25, -0.2) is 9.13 Å². The van der Waals surface area contributed by atoms with E-state index in [0.717, 1.165) is 127 Å². The van der Waals surface area contributed by atoms with Crippen molar-refractivity contribution in [2.45, 2.75) is 446 Å². The molecule has 0 aliphatic carbocycles. The van der Waals surface area contributed by atoms with Gasteiger partial charge in [0.2, 0.25) is 0 Å². The van der Waals surface area contributed by atoms with Crippen LogP contribution in [0.15, 0.2) is 24.3 Å². The summed E-state index contributed by atoms with van der Waals surface area (Å²) in [5, 5.41) is 10.7. The maximum Gasteiger partial charge on any atom is 0.472 e. The number of ether oxygens (including phenoxy) is 4. The summed E-state index contributed by atoms with van der Waals surface area (Å²) >= 11 is 0. The van der Waals surface area contributed by atoms with Crippen LogP contribution in [0.5, 0.6) is 0 Å². The highest BCUT2D eigenvalue weighted by molar-refractivity contribution is 7.47. The fourth-order valence-corrected chi connectivity index (χ4v) is 14.4. The van der Waals surface area contributed by atoms with Gasteiger partial charge in [-0.3, -0.25) is 37.3 Å². The van der Waals surface area contributed by atoms with Crippen LogP contribution in [0.1, 0.15) is 427 Å². The molecule has 0 aromatic rings. The van der Waals surface area contributed by atoms with Crippen molar-refractivity contribution >= 4 is 39.5 Å². The van der Waals surface area contributed by atoms with Gasteiger partial charge in [0.05, 0.1) is 26.4 Å². The van der Waals surface area contributed by atoms with Crippen LogP contribution in [-0.2, 0) is 65.4 Å². The van der Waals surface area contributed by atoms with Crippen molar-refractivity contribution in [2.24, 2.45) is 17.8 Å². The Morgan fingerprint density at radius 1 is 0.314 bits per heavy atom. The number of allylic oxidation sites excluding steroid dienone is 4. The molecule has 0 aliphatic heterocycles. The lowest BCUT2D eigenvalue weighted by molar-refractivity contribution is -0.161. The molecule has 0 amide bonds. The van der Waals surface area contributed by atoms with E-state index < -0.39 is 97.5 Å². The number of unbranched alkanes of at least 4 members (excludes halogenated alkanes) is 46. The van der Waals surface area contributed by atoms with Crippen LogP contribution in [0, 0.1) is 17.8 Å². The number of esters is 4. The van der Waals surface area contributed by atoms with E-state index in [4.69, 9.17) is 37.0 Å². The van der Waals surface area contributed by atoms with Crippen molar-refractivity contribution in [3.63, 3.8) is 0 Å². The summed E-state index contributed by atoms with van der Waals surface area (Å²) in [6, 6.07) is 0. The quantitative estimate of drug-likeness (QED) is 0.0169. The van der Waals surface area contributed by atoms with E-state index in [-0.39, 0.29) is 25.7 Å². The fourth-order valence-electron chi connectivity index (χ4n) is 12.8. The van der Waals surface area contributed by atoms with Crippen molar-refractivity contribution in [1.82, 2.24) is 0 Å². The number of rotatable bonds is 82. The van der Waals surface area contributed by atoms with Crippen LogP contribution in [0.3, 0.4) is 0 Å². The minimum absolute atomic E-state index is 0.101. The maximum absolute atomic E-state index is 13.1. The first-order valence-corrected chi connectivity index (χ1v) is 46.7. The van der Waals surface area contributed by atoms with Crippen molar-refractivity contribution in [1.29, 1.82) is 0 Å². The van der Waals surface area contributed by atoms with E-state index in [1.54, 1.807) is 0 Å². The third-order valence-corrected chi connectivity index (χ3v) is 21.8. The molecule has 0 radical (unpaired) electrons. The standard InChI is InChI=1S/C86H164O17P2/c1-8-10-11-12-13-14-15-16-23-30-35-40-45-53-60-67-83(88)96-73-81(102-85(90)69-62-55-46-41-36-31-26-20-18-17-19-25-29-34-39-44-52-59-66-79(7)9-2)75-100-104(92,93)98-71-80(87)72-99-105(94,95)101-76-82(74-97-84(89)68-61-54-49-48-51-58-65-78(5)6)103-86(91)70-63-56-47-42-37-32-27-22-21-24-28-33-38-43-50-57-64-77(3)4/h14-16,23,77-82,87H,8-13,17-22,24-76H2,1-7H3,(H,92,93)(H,94,95)/b15-14-,23-16-/t79?,80?,81-,82-/m1/s1. The Balaban J connectivity index is 5.22. The number of aliphatic hydroxyl groups is 1. The van der Waals surface area contributed by atoms with E-state index in [2.05, 4.69) is 72.8 Å². The predicted octanol–water partition coefficient (Wildman–Crippen LogP) is 25.6. The van der Waals surface area contributed by atoms with Crippen molar-refractivity contribution in [2.75, 3.05) is 39.6 Å². The zero-order valence-electron chi connectivity index (χ0n) is 68.7. The third kappa shape index (κ3) is 78.0. The first-order chi connectivity index (χ1) is 50.8. The van der Waals surface area contributed by atoms with Crippen LogP contribution in [0.4, 0.5) is 0 Å². The summed E-state index contributed by atoms with van der Waals surface area (Å²) in [5.74, 6) is 0.217. The lowest BCUT2D eigenvalue weighted by Gasteiger charge is -2.21. The van der Waals surface area contributed by atoms with Gasteiger partial charge in [0.1, 0.15) is 19.3 Å². The van der Waals surface area contributed by atoms with Gasteiger partial charge < -0.3 is 33.8 Å². The Hall–Kier alpha value is -2.46. The molecule has 0 aromatic heterocycles. The first-order valence-electron chi connectivity index (χ1n) is 43.7. The van der Waals surface area contributed by atoms with Gasteiger partial charge in [0.15, 0.2) is 12.2 Å². The molecule has 0 rings (SSSR count). The van der Waals surface area contributed by atoms with Gasteiger partial charge in [0, 0.05) is 25.7 Å². The lowest BCUT2D eigenvalue weighted by atomic mass is 9.99. The van der Waals surface area contributed by atoms with Gasteiger partial charge in [-0.2, -0.15) is 0 Å². The van der Waals surface area contributed by atoms with Gasteiger partial charge in [-0.1, -0.05) is 375 Å². The van der Waals surface area contributed by atoms with E-state index in [1.165, 1.54) is 212 Å². The number of phosphoric acid groups is 2. The Bertz CT molecular complexity index is 2120. The van der Waals surface area contributed by atoms with Crippen molar-refractivity contribution in [3.05, 3.63) is 24.3 Å². The maximum atomic E-state index is 13.1. The van der Waals surface area contributed by atoms with Crippen LogP contribution < -0.4 is 0 Å². The second-order valence-electron chi connectivity index (χ2n) is 31.4. The molecule has 0 heterocycles. The molecular weight excluding hydrogens is 1370 g/mol. The van der Waals surface area contributed by atoms with E-state index in [0.29, 0.717) is 31.6 Å². The SMILES string of the molecule is CCCCCC/C=C\C=C/CCCCCCCC(=O)OC[C@H](COP(=O)(O)OCC(O)COP(=O)(O)OC[C@@H](COC(=O)CCCCCCCCC(C)C)OC(=O)CCCCCCCCCCCCCCCCCCC(C)C)OC(=O)CCCCCCCCCCCCCCCCCCCCC(C)CC. The molecule has 0 aromatic carbocycles. The minimum atomic E-state index is -4.97. The molecule has 0 saturated heterocycles. The first kappa shape index (κ1) is 103. The predicted molar refractivity (Wildman–Crippen MR) is 432 cm³/mol. The summed E-state index contributed by atoms with van der Waals surface area (Å²) in [7, 11) is -9.94. The number of carbonyl (C=O) groups is 4. The fraction of sp³-hybridized carbons (Fsp3) is 0.907. The van der Waals surface area contributed by atoms with Crippen LogP contribution in [0.25, 0.3) is 0 Å². The van der Waals surface area contributed by atoms with Gasteiger partial charge in [-0.05, 0) is 69.1 Å². The Morgan fingerprint density at radius 3 is 0.848 bits per heavy atom. The smallest absolute Gasteiger partial charge is 0.462 e. The molecule has 620 valence electrons. The molecule has 19 heteroatoms. The van der Waals surface area contributed by atoms with Crippen LogP contribution >= 0.6 is 15.6 Å². The zero-order valence-corrected chi connectivity index (χ0v) is 70.5. The molecule has 4 unspecified atom stereocenters. The van der Waals surface area contributed by atoms with Crippen molar-refractivity contribution in [3.8, 4) is 0 Å². The second kappa shape index (κ2) is 75.6. The molecular formula is C86H164O17P2. The largest absolute Gasteiger partial charge is 0.472 e. The minimum Gasteiger partial charge on any atom is -0.462 e. The summed E-state index contributed by atoms with van der Waals surface area (Å²) in [6.45, 7) is 11.9. The van der Waals surface area contributed by atoms with E-state index in [9.17, 15) is 43.2 Å². The van der Waals surface area contributed by atoms with Gasteiger partial charge in [-0.15, -0.1) is 0 Å². The van der Waals surface area contributed by atoms with Gasteiger partial charge in [0.25, 0.3) is 0 Å². The molecule has 0 bridgehead atoms. The molecule has 3 N–H and O–H groups in total. The monoisotopic (exact) mass is 1530 g/mol. The molecule has 6 atom stereocenters. The highest BCUT2D eigenvalue weighted by Crippen LogP contribution is 2.45. The number of hydrogen-bond donors (Lipinski definition) is 3. The topological polar surface area (TPSA) is 237 Å². The summed E-state index contributed by atoms with van der Waals surface area (Å²) < 4.78 is 68.8. The average Bonchev–Trinajstić information content (AvgIpc) is 0.925. The lowest BCUT2D eigenvalue weighted by Crippen LogP contribution is -2.30. The molecule has 105 heavy (non-hydrogen) atoms. The Kier molecular flexibility index (Phi) is 73.8. The van der Waals surface area contributed by atoms with Gasteiger partial charge >= 0.3 is 39.5 Å². The average molecular weight is 1530 g/mol. The number of hydrogen-bond acceptors (Lipinski definition) is 15. The second-order valence-corrected chi connectivity index (χ2v) is 34.3. The highest BCUT2D eigenvalue weighted by Gasteiger charge is 2.30. The molecule has 0 aliphatic rings. The molecule has 0 saturated carbocycles. The van der Waals surface area contributed by atoms with Crippen LogP contribution in [0.2, 0.25) is 0 Å².